The first-order chi connectivity index (χ1) is 6.49. The van der Waals surface area contributed by atoms with E-state index in [1.807, 2.05) is 19.9 Å². The van der Waals surface area contributed by atoms with E-state index in [1.54, 1.807) is 0 Å². The van der Waals surface area contributed by atoms with E-state index in [2.05, 4.69) is 19.2 Å². The van der Waals surface area contributed by atoms with Gasteiger partial charge in [0.2, 0.25) is 0 Å². The van der Waals surface area contributed by atoms with E-state index in [9.17, 15) is 0 Å². The quantitative estimate of drug-likeness (QED) is 0.570. The van der Waals surface area contributed by atoms with Crippen LogP contribution in [0.1, 0.15) is 27.7 Å². The van der Waals surface area contributed by atoms with Gasteiger partial charge in [0, 0.05) is 18.0 Å². The molecule has 82 valence electrons. The number of rotatable bonds is 6. The highest BCUT2D eigenvalue weighted by Gasteiger charge is 2.05. The summed E-state index contributed by atoms with van der Waals surface area (Å²) in [6.45, 7) is 8.83. The second-order valence-corrected chi connectivity index (χ2v) is 4.01. The van der Waals surface area contributed by atoms with Gasteiger partial charge in [0.1, 0.15) is 0 Å². The summed E-state index contributed by atoms with van der Waals surface area (Å²) in [5, 5.41) is 19.5. The summed E-state index contributed by atoms with van der Waals surface area (Å²) in [6, 6.07) is 0. The monoisotopic (exact) mass is 198 g/mol. The van der Waals surface area contributed by atoms with Crippen LogP contribution in [-0.4, -0.2) is 24.0 Å². The van der Waals surface area contributed by atoms with Crippen LogP contribution in [-0.2, 0) is 0 Å². The Labute approximate surface area is 86.7 Å². The lowest BCUT2D eigenvalue weighted by molar-refractivity contribution is 0.295. The van der Waals surface area contributed by atoms with Crippen molar-refractivity contribution >= 4 is 5.71 Å². The van der Waals surface area contributed by atoms with Gasteiger partial charge in [-0.25, -0.2) is 0 Å². The lowest BCUT2D eigenvalue weighted by Gasteiger charge is -2.14. The van der Waals surface area contributed by atoms with Crippen LogP contribution >= 0.6 is 0 Å². The van der Waals surface area contributed by atoms with Crippen LogP contribution in [0.5, 0.6) is 0 Å². The highest BCUT2D eigenvalue weighted by Crippen LogP contribution is 2.08. The molecule has 14 heavy (non-hydrogen) atoms. The van der Waals surface area contributed by atoms with Gasteiger partial charge in [0.05, 0.1) is 6.61 Å². The van der Waals surface area contributed by atoms with Crippen molar-refractivity contribution in [3.63, 3.8) is 0 Å². The van der Waals surface area contributed by atoms with Crippen molar-refractivity contribution in [3.05, 3.63) is 11.8 Å². The standard InChI is InChI=1S/C11H22N2O/c1-8(2)10(12)7-11(9(3)4)13-5-6-14/h7-9,12-14H,5-6H2,1-4H3/b11-7-,12-10?. The molecule has 3 nitrogen and oxygen atoms in total. The Bertz CT molecular complexity index is 207. The van der Waals surface area contributed by atoms with E-state index in [1.165, 1.54) is 0 Å². The molecule has 0 spiro atoms. The minimum absolute atomic E-state index is 0.124. The molecule has 0 aromatic heterocycles. The maximum atomic E-state index is 8.70. The van der Waals surface area contributed by atoms with Crippen molar-refractivity contribution in [1.82, 2.24) is 5.32 Å². The number of allylic oxidation sites excluding steroid dienone is 2. The molecular formula is C11H22N2O. The van der Waals surface area contributed by atoms with Crippen LogP contribution in [0.15, 0.2) is 11.8 Å². The highest BCUT2D eigenvalue weighted by atomic mass is 16.3. The molecule has 0 unspecified atom stereocenters. The van der Waals surface area contributed by atoms with Gasteiger partial charge >= 0.3 is 0 Å². The lowest BCUT2D eigenvalue weighted by atomic mass is 10.0. The number of hydrogen-bond donors (Lipinski definition) is 3. The number of hydrogen-bond acceptors (Lipinski definition) is 3. The molecule has 0 saturated carbocycles. The summed E-state index contributed by atoms with van der Waals surface area (Å²) in [5.41, 5.74) is 1.65. The van der Waals surface area contributed by atoms with Crippen molar-refractivity contribution in [2.75, 3.05) is 13.2 Å². The molecule has 0 heterocycles. The second kappa shape index (κ2) is 6.60. The molecule has 0 radical (unpaired) electrons. The highest BCUT2D eigenvalue weighted by molar-refractivity contribution is 5.94. The summed E-state index contributed by atoms with van der Waals surface area (Å²) < 4.78 is 0. The van der Waals surface area contributed by atoms with E-state index in [0.29, 0.717) is 18.2 Å². The third kappa shape index (κ3) is 5.02. The number of aliphatic hydroxyl groups is 1. The molecule has 0 fully saturated rings. The summed E-state index contributed by atoms with van der Waals surface area (Å²) in [4.78, 5) is 0. The maximum absolute atomic E-state index is 8.70. The summed E-state index contributed by atoms with van der Waals surface area (Å²) >= 11 is 0. The van der Waals surface area contributed by atoms with Crippen LogP contribution in [0.25, 0.3) is 0 Å². The van der Waals surface area contributed by atoms with Gasteiger partial charge in [0.25, 0.3) is 0 Å². The molecule has 0 amide bonds. The van der Waals surface area contributed by atoms with Crippen LogP contribution in [0.3, 0.4) is 0 Å². The van der Waals surface area contributed by atoms with Crippen LogP contribution in [0.4, 0.5) is 0 Å². The molecule has 0 aromatic rings. The van der Waals surface area contributed by atoms with Crippen LogP contribution < -0.4 is 5.32 Å². The maximum Gasteiger partial charge on any atom is 0.0603 e. The van der Waals surface area contributed by atoms with Gasteiger partial charge in [0.15, 0.2) is 0 Å². The van der Waals surface area contributed by atoms with Gasteiger partial charge in [-0.15, -0.1) is 0 Å². The Balaban J connectivity index is 4.39. The third-order valence-corrected chi connectivity index (χ3v) is 2.00. The first kappa shape index (κ1) is 13.2. The smallest absolute Gasteiger partial charge is 0.0603 e. The SMILES string of the molecule is CC(C)C(=N)/C=C(\NCCO)C(C)C. The van der Waals surface area contributed by atoms with E-state index < -0.39 is 0 Å². The molecule has 0 saturated heterocycles. The zero-order valence-corrected chi connectivity index (χ0v) is 9.59. The fraction of sp³-hybridized carbons (Fsp3) is 0.727. The topological polar surface area (TPSA) is 56.1 Å². The lowest BCUT2D eigenvalue weighted by Crippen LogP contribution is -2.22. The normalized spacial score (nSPS) is 12.4. The summed E-state index contributed by atoms with van der Waals surface area (Å²) in [5.74, 6) is 0.611. The largest absolute Gasteiger partial charge is 0.395 e. The van der Waals surface area contributed by atoms with Gasteiger partial charge in [-0.2, -0.15) is 0 Å². The zero-order chi connectivity index (χ0) is 11.1. The minimum Gasteiger partial charge on any atom is -0.395 e. The average Bonchev–Trinajstić information content (AvgIpc) is 2.10. The minimum atomic E-state index is 0.124. The summed E-state index contributed by atoms with van der Waals surface area (Å²) in [7, 11) is 0. The molecule has 3 N–H and O–H groups in total. The van der Waals surface area contributed by atoms with Crippen molar-refractivity contribution in [2.24, 2.45) is 11.8 Å². The molecule has 0 bridgehead atoms. The molecule has 0 rings (SSSR count). The average molecular weight is 198 g/mol. The van der Waals surface area contributed by atoms with Crippen LogP contribution in [0.2, 0.25) is 0 Å². The molecule has 0 aliphatic rings. The Morgan fingerprint density at radius 2 is 1.86 bits per heavy atom. The molecule has 3 heteroatoms. The third-order valence-electron chi connectivity index (χ3n) is 2.00. The Morgan fingerprint density at radius 3 is 2.21 bits per heavy atom. The van der Waals surface area contributed by atoms with Gasteiger partial charge < -0.3 is 15.8 Å². The fourth-order valence-corrected chi connectivity index (χ4v) is 0.956. The Kier molecular flexibility index (Phi) is 6.21. The number of aliphatic hydroxyl groups excluding tert-OH is 1. The first-order valence-corrected chi connectivity index (χ1v) is 5.13. The first-order valence-electron chi connectivity index (χ1n) is 5.13. The Hall–Kier alpha value is -0.830. The number of nitrogens with one attached hydrogen (secondary N) is 2. The molecule has 0 atom stereocenters. The van der Waals surface area contributed by atoms with Gasteiger partial charge in [-0.05, 0) is 17.9 Å². The molecular weight excluding hydrogens is 176 g/mol. The fourth-order valence-electron chi connectivity index (χ4n) is 0.956. The predicted octanol–water partition coefficient (Wildman–Crippen LogP) is 1.78. The van der Waals surface area contributed by atoms with Crippen molar-refractivity contribution in [1.29, 1.82) is 5.41 Å². The van der Waals surface area contributed by atoms with E-state index >= 15 is 0 Å². The van der Waals surface area contributed by atoms with Crippen molar-refractivity contribution in [3.8, 4) is 0 Å². The summed E-state index contributed by atoms with van der Waals surface area (Å²) in [6.07, 6.45) is 1.87. The molecule has 0 aliphatic heterocycles. The molecule has 0 aliphatic carbocycles. The van der Waals surface area contributed by atoms with Gasteiger partial charge in [-0.3, -0.25) is 0 Å². The predicted molar refractivity (Wildman–Crippen MR) is 60.6 cm³/mol. The van der Waals surface area contributed by atoms with E-state index in [0.717, 1.165) is 5.70 Å². The van der Waals surface area contributed by atoms with Gasteiger partial charge in [-0.1, -0.05) is 27.7 Å². The van der Waals surface area contributed by atoms with Crippen molar-refractivity contribution in [2.45, 2.75) is 27.7 Å². The Morgan fingerprint density at radius 1 is 1.29 bits per heavy atom. The second-order valence-electron chi connectivity index (χ2n) is 4.01. The zero-order valence-electron chi connectivity index (χ0n) is 9.59. The molecule has 0 aromatic carbocycles. The van der Waals surface area contributed by atoms with E-state index in [-0.39, 0.29) is 12.5 Å². The van der Waals surface area contributed by atoms with Crippen LogP contribution in [0, 0.1) is 17.2 Å². The van der Waals surface area contributed by atoms with Crippen molar-refractivity contribution < 1.29 is 5.11 Å². The van der Waals surface area contributed by atoms with E-state index in [4.69, 9.17) is 10.5 Å².